The zero-order valence-electron chi connectivity index (χ0n) is 14.3. The molecular weight excluding hydrogens is 443 g/mol. The largest absolute Gasteiger partial charge is 0.496 e. The van der Waals surface area contributed by atoms with Crippen LogP contribution in [0.3, 0.4) is 0 Å². The number of nitrogens with zero attached hydrogens (tertiary/aromatic N) is 1. The Morgan fingerprint density at radius 3 is 2.35 bits per heavy atom. The number of carbonyl (C=O) groups is 1. The molecule has 0 unspecified atom stereocenters. The van der Waals surface area contributed by atoms with Crippen molar-refractivity contribution in [2.75, 3.05) is 14.2 Å². The lowest BCUT2D eigenvalue weighted by molar-refractivity contribution is 0.0952. The maximum atomic E-state index is 12.5. The lowest BCUT2D eigenvalue weighted by atomic mass is 10.1. The van der Waals surface area contributed by atoms with Crippen molar-refractivity contribution >= 4 is 45.5 Å². The quantitative estimate of drug-likeness (QED) is 0.353. The minimum atomic E-state index is -0.327. The van der Waals surface area contributed by atoms with Crippen molar-refractivity contribution < 1.29 is 14.3 Å². The number of rotatable bonds is 5. The number of hydrazone groups is 1. The molecule has 1 N–H and O–H groups in total. The maximum absolute atomic E-state index is 12.5. The molecule has 3 rings (SSSR count). The molecule has 0 aliphatic rings. The smallest absolute Gasteiger partial charge is 0.275 e. The van der Waals surface area contributed by atoms with Crippen LogP contribution >= 0.6 is 22.6 Å². The minimum Gasteiger partial charge on any atom is -0.496 e. The fourth-order valence-corrected chi connectivity index (χ4v) is 3.31. The zero-order chi connectivity index (χ0) is 18.5. The molecule has 1 amide bonds. The molecule has 0 aromatic heterocycles. The summed E-state index contributed by atoms with van der Waals surface area (Å²) >= 11 is 2.19. The summed E-state index contributed by atoms with van der Waals surface area (Å²) in [5.41, 5.74) is 3.85. The number of carbonyl (C=O) groups excluding carboxylic acids is 1. The van der Waals surface area contributed by atoms with Crippen molar-refractivity contribution in [2.45, 2.75) is 0 Å². The summed E-state index contributed by atoms with van der Waals surface area (Å²) in [4.78, 5) is 12.5. The second kappa shape index (κ2) is 8.18. The van der Waals surface area contributed by atoms with Gasteiger partial charge in [-0.05, 0) is 69.3 Å². The predicted octanol–water partition coefficient (Wildman–Crippen LogP) is 4.23. The number of benzene rings is 3. The van der Waals surface area contributed by atoms with Gasteiger partial charge in [-0.2, -0.15) is 5.10 Å². The van der Waals surface area contributed by atoms with Crippen molar-refractivity contribution in [1.29, 1.82) is 0 Å². The summed E-state index contributed by atoms with van der Waals surface area (Å²) in [7, 11) is 3.17. The van der Waals surface area contributed by atoms with E-state index in [0.717, 1.165) is 25.7 Å². The van der Waals surface area contributed by atoms with Gasteiger partial charge in [0.2, 0.25) is 0 Å². The first kappa shape index (κ1) is 18.2. The van der Waals surface area contributed by atoms with E-state index in [0.29, 0.717) is 11.3 Å². The van der Waals surface area contributed by atoms with Gasteiger partial charge in [-0.1, -0.05) is 24.3 Å². The third kappa shape index (κ3) is 3.96. The molecule has 0 saturated carbocycles. The molecule has 26 heavy (non-hydrogen) atoms. The molecule has 6 heteroatoms. The average Bonchev–Trinajstić information content (AvgIpc) is 2.67. The van der Waals surface area contributed by atoms with E-state index in [1.807, 2.05) is 48.5 Å². The van der Waals surface area contributed by atoms with Crippen molar-refractivity contribution in [1.82, 2.24) is 5.43 Å². The summed E-state index contributed by atoms with van der Waals surface area (Å²) < 4.78 is 11.5. The van der Waals surface area contributed by atoms with Crippen molar-refractivity contribution in [2.24, 2.45) is 5.10 Å². The van der Waals surface area contributed by atoms with Gasteiger partial charge in [0.1, 0.15) is 11.5 Å². The first-order chi connectivity index (χ1) is 12.6. The molecule has 0 spiro atoms. The highest BCUT2D eigenvalue weighted by Gasteiger charge is 2.13. The Morgan fingerprint density at radius 2 is 1.69 bits per heavy atom. The normalized spacial score (nSPS) is 10.9. The molecule has 0 aliphatic carbocycles. The van der Waals surface area contributed by atoms with Crippen LogP contribution in [0.2, 0.25) is 0 Å². The lowest BCUT2D eigenvalue weighted by Crippen LogP contribution is -2.18. The Balaban J connectivity index is 1.79. The van der Waals surface area contributed by atoms with E-state index in [9.17, 15) is 4.79 Å². The number of hydrogen-bond acceptors (Lipinski definition) is 4. The van der Waals surface area contributed by atoms with E-state index < -0.39 is 0 Å². The Hall–Kier alpha value is -2.61. The molecule has 0 saturated heterocycles. The third-order valence-corrected chi connectivity index (χ3v) is 4.71. The highest BCUT2D eigenvalue weighted by Crippen LogP contribution is 2.26. The van der Waals surface area contributed by atoms with E-state index in [-0.39, 0.29) is 5.91 Å². The van der Waals surface area contributed by atoms with E-state index in [1.54, 1.807) is 26.5 Å². The standard InChI is InChI=1S/C20H17IN2O3/c1-25-18-8-7-13(9-17(18)21)12-22-23-20(24)16-10-14-5-3-4-6-15(14)11-19(16)26-2/h3-12H,1-2H3,(H,23,24)/b22-12-. The van der Waals surface area contributed by atoms with E-state index >= 15 is 0 Å². The molecule has 0 atom stereocenters. The molecule has 5 nitrogen and oxygen atoms in total. The Labute approximate surface area is 165 Å². The number of fused-ring (bicyclic) bond motifs is 1. The highest BCUT2D eigenvalue weighted by atomic mass is 127. The molecule has 0 bridgehead atoms. The summed E-state index contributed by atoms with van der Waals surface area (Å²) in [6.07, 6.45) is 1.59. The van der Waals surface area contributed by atoms with Crippen LogP contribution in [0.1, 0.15) is 15.9 Å². The van der Waals surface area contributed by atoms with Gasteiger partial charge in [-0.15, -0.1) is 0 Å². The SMILES string of the molecule is COc1ccc(/C=N\NC(=O)c2cc3ccccc3cc2OC)cc1I. The van der Waals surface area contributed by atoms with Gasteiger partial charge in [0.25, 0.3) is 5.91 Å². The topological polar surface area (TPSA) is 59.9 Å². The number of amides is 1. The van der Waals surface area contributed by atoms with Crippen LogP contribution in [0.5, 0.6) is 11.5 Å². The molecule has 0 aliphatic heterocycles. The molecule has 0 radical (unpaired) electrons. The van der Waals surface area contributed by atoms with E-state index in [4.69, 9.17) is 9.47 Å². The second-order valence-electron chi connectivity index (χ2n) is 5.49. The van der Waals surface area contributed by atoms with Gasteiger partial charge in [-0.25, -0.2) is 5.43 Å². The highest BCUT2D eigenvalue weighted by molar-refractivity contribution is 14.1. The van der Waals surface area contributed by atoms with E-state index in [1.165, 1.54) is 0 Å². The molecular formula is C20H17IN2O3. The van der Waals surface area contributed by atoms with Gasteiger partial charge < -0.3 is 9.47 Å². The second-order valence-corrected chi connectivity index (χ2v) is 6.65. The van der Waals surface area contributed by atoms with Crippen molar-refractivity contribution in [3.63, 3.8) is 0 Å². The van der Waals surface area contributed by atoms with Gasteiger partial charge >= 0.3 is 0 Å². The van der Waals surface area contributed by atoms with Crippen molar-refractivity contribution in [3.8, 4) is 11.5 Å². The van der Waals surface area contributed by atoms with Crippen molar-refractivity contribution in [3.05, 3.63) is 69.3 Å². The first-order valence-corrected chi connectivity index (χ1v) is 8.94. The summed E-state index contributed by atoms with van der Waals surface area (Å²) in [6.45, 7) is 0. The summed E-state index contributed by atoms with van der Waals surface area (Å²) in [5, 5.41) is 6.02. The van der Waals surface area contributed by atoms with Crippen LogP contribution in [0, 0.1) is 3.57 Å². The number of halogens is 1. The monoisotopic (exact) mass is 460 g/mol. The number of ether oxygens (including phenoxy) is 2. The fraction of sp³-hybridized carbons (Fsp3) is 0.100. The third-order valence-electron chi connectivity index (χ3n) is 3.87. The predicted molar refractivity (Wildman–Crippen MR) is 111 cm³/mol. The average molecular weight is 460 g/mol. The van der Waals surface area contributed by atoms with Gasteiger partial charge in [0, 0.05) is 0 Å². The zero-order valence-corrected chi connectivity index (χ0v) is 16.5. The Kier molecular flexibility index (Phi) is 5.72. The molecule has 0 fully saturated rings. The molecule has 0 heterocycles. The fourth-order valence-electron chi connectivity index (χ4n) is 2.55. The first-order valence-electron chi connectivity index (χ1n) is 7.86. The van der Waals surface area contributed by atoms with Crippen LogP contribution in [-0.4, -0.2) is 26.3 Å². The Bertz CT molecular complexity index is 986. The van der Waals surface area contributed by atoms with Gasteiger partial charge in [0.15, 0.2) is 0 Å². The van der Waals surface area contributed by atoms with Crippen LogP contribution in [0.4, 0.5) is 0 Å². The molecule has 3 aromatic rings. The Morgan fingerprint density at radius 1 is 1.00 bits per heavy atom. The number of nitrogens with one attached hydrogen (secondary N) is 1. The number of methoxy groups -OCH3 is 2. The minimum absolute atomic E-state index is 0.327. The number of hydrogen-bond donors (Lipinski definition) is 1. The maximum Gasteiger partial charge on any atom is 0.275 e. The van der Waals surface area contributed by atoms with Crippen LogP contribution in [0.25, 0.3) is 10.8 Å². The molecule has 132 valence electrons. The van der Waals surface area contributed by atoms with E-state index in [2.05, 4.69) is 33.1 Å². The molecule has 3 aromatic carbocycles. The van der Waals surface area contributed by atoms with Crippen LogP contribution in [-0.2, 0) is 0 Å². The van der Waals surface area contributed by atoms with Crippen LogP contribution < -0.4 is 14.9 Å². The van der Waals surface area contributed by atoms with Gasteiger partial charge in [0.05, 0.1) is 29.6 Å². The lowest BCUT2D eigenvalue weighted by Gasteiger charge is -2.09. The summed E-state index contributed by atoms with van der Waals surface area (Å²) in [6, 6.07) is 17.1. The summed E-state index contributed by atoms with van der Waals surface area (Å²) in [5.74, 6) is 0.982. The van der Waals surface area contributed by atoms with Gasteiger partial charge in [-0.3, -0.25) is 4.79 Å². The van der Waals surface area contributed by atoms with Crippen LogP contribution in [0.15, 0.2) is 59.7 Å².